The van der Waals surface area contributed by atoms with Crippen molar-refractivity contribution >= 4 is 17.7 Å². The third kappa shape index (κ3) is 3.71. The molecule has 1 aliphatic rings. The smallest absolute Gasteiger partial charge is 0.335 e. The molecule has 1 aromatic rings. The van der Waals surface area contributed by atoms with Gasteiger partial charge < -0.3 is 10.0 Å². The molecule has 0 amide bonds. The van der Waals surface area contributed by atoms with E-state index in [1.54, 1.807) is 24.0 Å². The molecule has 0 aliphatic carbocycles. The van der Waals surface area contributed by atoms with Crippen LogP contribution in [0.5, 0.6) is 0 Å². The minimum atomic E-state index is -0.895. The van der Waals surface area contributed by atoms with Crippen molar-refractivity contribution in [2.75, 3.05) is 25.4 Å². The number of carbonyl (C=O) groups is 1. The Hall–Kier alpha value is -1.07. The van der Waals surface area contributed by atoms with Gasteiger partial charge in [0.1, 0.15) is 0 Å². The zero-order chi connectivity index (χ0) is 12.1. The molecule has 1 aromatic heterocycles. The quantitative estimate of drug-likeness (QED) is 0.812. The number of rotatable bonds is 5. The molecule has 1 fully saturated rings. The minimum Gasteiger partial charge on any atom is -0.478 e. The second-order valence-corrected chi connectivity index (χ2v) is 5.20. The molecule has 0 unspecified atom stereocenters. The second-order valence-electron chi connectivity index (χ2n) is 4.09. The van der Waals surface area contributed by atoms with E-state index in [1.807, 2.05) is 0 Å². The Morgan fingerprint density at radius 1 is 1.47 bits per heavy atom. The molecule has 2 rings (SSSR count). The van der Waals surface area contributed by atoms with E-state index in [9.17, 15) is 4.79 Å². The van der Waals surface area contributed by atoms with Crippen LogP contribution < -0.4 is 0 Å². The van der Waals surface area contributed by atoms with E-state index in [4.69, 9.17) is 5.11 Å². The van der Waals surface area contributed by atoms with Crippen molar-refractivity contribution in [2.24, 2.45) is 0 Å². The van der Waals surface area contributed by atoms with Gasteiger partial charge in [-0.3, -0.25) is 0 Å². The average Bonchev–Trinajstić information content (AvgIpc) is 2.82. The van der Waals surface area contributed by atoms with Gasteiger partial charge in [-0.25, -0.2) is 9.78 Å². The van der Waals surface area contributed by atoms with Crippen LogP contribution in [0.2, 0.25) is 0 Å². The summed E-state index contributed by atoms with van der Waals surface area (Å²) in [5.41, 5.74) is 0.309. The maximum atomic E-state index is 10.8. The highest BCUT2D eigenvalue weighted by molar-refractivity contribution is 7.99. The first-order valence-corrected chi connectivity index (χ1v) is 6.79. The van der Waals surface area contributed by atoms with Crippen LogP contribution in [0.25, 0.3) is 0 Å². The van der Waals surface area contributed by atoms with Gasteiger partial charge in [0.25, 0.3) is 0 Å². The van der Waals surface area contributed by atoms with E-state index in [0.717, 1.165) is 17.3 Å². The van der Waals surface area contributed by atoms with Gasteiger partial charge >= 0.3 is 5.97 Å². The number of hydrogen-bond acceptors (Lipinski definition) is 4. The van der Waals surface area contributed by atoms with Crippen LogP contribution >= 0.6 is 11.8 Å². The first-order chi connectivity index (χ1) is 8.25. The Labute approximate surface area is 105 Å². The van der Waals surface area contributed by atoms with Crippen molar-refractivity contribution in [1.82, 2.24) is 9.88 Å². The summed E-state index contributed by atoms with van der Waals surface area (Å²) in [7, 11) is 0. The van der Waals surface area contributed by atoms with Crippen molar-refractivity contribution < 1.29 is 9.90 Å². The molecular weight excluding hydrogens is 236 g/mol. The van der Waals surface area contributed by atoms with Crippen LogP contribution in [-0.4, -0.2) is 46.3 Å². The predicted molar refractivity (Wildman–Crippen MR) is 67.6 cm³/mol. The predicted octanol–water partition coefficient (Wildman–Crippen LogP) is 1.97. The Morgan fingerprint density at radius 2 is 2.24 bits per heavy atom. The lowest BCUT2D eigenvalue weighted by Gasteiger charge is -2.13. The lowest BCUT2D eigenvalue weighted by molar-refractivity contribution is 0.0696. The normalized spacial score (nSPS) is 16.2. The molecule has 0 radical (unpaired) electrons. The highest BCUT2D eigenvalue weighted by atomic mass is 32.2. The number of thioether (sulfide) groups is 1. The Balaban J connectivity index is 1.81. The third-order valence-electron chi connectivity index (χ3n) is 2.84. The standard InChI is InChI=1S/C12H16N2O2S/c15-12(16)10-3-4-13-11(9-10)17-8-7-14-5-1-2-6-14/h3-4,9H,1-2,5-8H2,(H,15,16). The number of aromatic nitrogens is 1. The van der Waals surface area contributed by atoms with E-state index in [2.05, 4.69) is 9.88 Å². The lowest BCUT2D eigenvalue weighted by Crippen LogP contribution is -2.21. The molecule has 1 N–H and O–H groups in total. The van der Waals surface area contributed by atoms with Gasteiger partial charge in [0.15, 0.2) is 0 Å². The molecule has 0 bridgehead atoms. The molecule has 0 saturated carbocycles. The molecule has 1 aliphatic heterocycles. The summed E-state index contributed by atoms with van der Waals surface area (Å²) in [6, 6.07) is 3.16. The number of nitrogens with zero attached hydrogens (tertiary/aromatic N) is 2. The van der Waals surface area contributed by atoms with Crippen LogP contribution in [0.1, 0.15) is 23.2 Å². The number of likely N-dealkylation sites (tertiary alicyclic amines) is 1. The summed E-state index contributed by atoms with van der Waals surface area (Å²) in [4.78, 5) is 17.4. The first-order valence-electron chi connectivity index (χ1n) is 5.80. The van der Waals surface area contributed by atoms with E-state index in [0.29, 0.717) is 5.56 Å². The second kappa shape index (κ2) is 6.02. The van der Waals surface area contributed by atoms with Gasteiger partial charge in [-0.05, 0) is 38.1 Å². The first kappa shape index (κ1) is 12.4. The van der Waals surface area contributed by atoms with Crippen molar-refractivity contribution in [3.05, 3.63) is 23.9 Å². The highest BCUT2D eigenvalue weighted by Crippen LogP contribution is 2.17. The monoisotopic (exact) mass is 252 g/mol. The van der Waals surface area contributed by atoms with Gasteiger partial charge in [-0.1, -0.05) is 0 Å². The van der Waals surface area contributed by atoms with E-state index in [-0.39, 0.29) is 0 Å². The molecule has 4 nitrogen and oxygen atoms in total. The molecular formula is C12H16N2O2S. The summed E-state index contributed by atoms with van der Waals surface area (Å²) in [5, 5.41) is 9.66. The lowest BCUT2D eigenvalue weighted by atomic mass is 10.3. The number of pyridine rings is 1. The molecule has 0 spiro atoms. The SMILES string of the molecule is O=C(O)c1ccnc(SCCN2CCCC2)c1. The van der Waals surface area contributed by atoms with Crippen molar-refractivity contribution in [1.29, 1.82) is 0 Å². The fraction of sp³-hybridized carbons (Fsp3) is 0.500. The molecule has 17 heavy (non-hydrogen) atoms. The largest absolute Gasteiger partial charge is 0.478 e. The molecule has 2 heterocycles. The van der Waals surface area contributed by atoms with Crippen molar-refractivity contribution in [3.63, 3.8) is 0 Å². The summed E-state index contributed by atoms with van der Waals surface area (Å²) >= 11 is 1.62. The van der Waals surface area contributed by atoms with E-state index in [1.165, 1.54) is 32.0 Å². The van der Waals surface area contributed by atoms with Crippen LogP contribution in [-0.2, 0) is 0 Å². The summed E-state index contributed by atoms with van der Waals surface area (Å²) in [6.07, 6.45) is 4.16. The van der Waals surface area contributed by atoms with Crippen LogP contribution in [0.4, 0.5) is 0 Å². The Bertz CT molecular complexity index is 392. The van der Waals surface area contributed by atoms with Gasteiger partial charge in [-0.15, -0.1) is 11.8 Å². The fourth-order valence-corrected chi connectivity index (χ4v) is 2.81. The van der Waals surface area contributed by atoms with E-state index >= 15 is 0 Å². The zero-order valence-electron chi connectivity index (χ0n) is 9.63. The Morgan fingerprint density at radius 3 is 2.94 bits per heavy atom. The summed E-state index contributed by atoms with van der Waals surface area (Å²) in [6.45, 7) is 3.45. The number of aromatic carboxylic acids is 1. The maximum absolute atomic E-state index is 10.8. The highest BCUT2D eigenvalue weighted by Gasteiger charge is 2.11. The summed E-state index contributed by atoms with van der Waals surface area (Å²) < 4.78 is 0. The van der Waals surface area contributed by atoms with Crippen LogP contribution in [0.3, 0.4) is 0 Å². The zero-order valence-corrected chi connectivity index (χ0v) is 10.4. The minimum absolute atomic E-state index is 0.309. The van der Waals surface area contributed by atoms with Crippen LogP contribution in [0, 0.1) is 0 Å². The molecule has 0 atom stereocenters. The average molecular weight is 252 g/mol. The van der Waals surface area contributed by atoms with Crippen LogP contribution in [0.15, 0.2) is 23.4 Å². The van der Waals surface area contributed by atoms with Gasteiger partial charge in [0.05, 0.1) is 10.6 Å². The van der Waals surface area contributed by atoms with Gasteiger partial charge in [-0.2, -0.15) is 0 Å². The Kier molecular flexibility index (Phi) is 4.39. The van der Waals surface area contributed by atoms with Gasteiger partial charge in [0.2, 0.25) is 0 Å². The fourth-order valence-electron chi connectivity index (χ4n) is 1.91. The molecule has 1 saturated heterocycles. The maximum Gasteiger partial charge on any atom is 0.335 e. The number of carboxylic acid groups (broad SMARTS) is 1. The summed E-state index contributed by atoms with van der Waals surface area (Å²) in [5.74, 6) is 0.0737. The number of hydrogen-bond donors (Lipinski definition) is 1. The molecule has 0 aromatic carbocycles. The molecule has 92 valence electrons. The topological polar surface area (TPSA) is 53.4 Å². The third-order valence-corrected chi connectivity index (χ3v) is 3.74. The number of carboxylic acids is 1. The molecule has 5 heteroatoms. The van der Waals surface area contributed by atoms with Gasteiger partial charge in [0, 0.05) is 18.5 Å². The van der Waals surface area contributed by atoms with Crippen molar-refractivity contribution in [3.8, 4) is 0 Å². The van der Waals surface area contributed by atoms with E-state index < -0.39 is 5.97 Å². The van der Waals surface area contributed by atoms with Crippen molar-refractivity contribution in [2.45, 2.75) is 17.9 Å².